The van der Waals surface area contributed by atoms with E-state index < -0.39 is 0 Å². The Balaban J connectivity index is 2.90. The number of rotatable bonds is 8. The van der Waals surface area contributed by atoms with Gasteiger partial charge in [-0.2, -0.15) is 0 Å². The Bertz CT molecular complexity index is 93.1. The summed E-state index contributed by atoms with van der Waals surface area (Å²) in [6.07, 6.45) is 2.51. The molecule has 0 N–H and O–H groups in total. The number of ether oxygens (including phenoxy) is 2. The Morgan fingerprint density at radius 3 is 2.75 bits per heavy atom. The van der Waals surface area contributed by atoms with Gasteiger partial charge in [-0.25, -0.2) is 0 Å². The third-order valence-electron chi connectivity index (χ3n) is 1.62. The smallest absolute Gasteiger partial charge is 0.356 e. The molecule has 0 fully saturated rings. The van der Waals surface area contributed by atoms with Crippen LogP contribution in [0.4, 0.5) is 0 Å². The van der Waals surface area contributed by atoms with Crippen LogP contribution in [0.2, 0.25) is 4.05 Å². The van der Waals surface area contributed by atoms with E-state index in [4.69, 9.17) is 9.47 Å². The fourth-order valence-electron chi connectivity index (χ4n) is 0.812. The summed E-state index contributed by atoms with van der Waals surface area (Å²) in [5.74, 6) is 0. The summed E-state index contributed by atoms with van der Waals surface area (Å²) in [5, 5.41) is 0. The molecule has 1 unspecified atom stereocenters. The lowest BCUT2D eigenvalue weighted by Gasteiger charge is -2.07. The molecule has 0 heterocycles. The molecule has 4 heteroatoms. The summed E-state index contributed by atoms with van der Waals surface area (Å²) < 4.78 is 11.3. The minimum Gasteiger partial charge on any atom is -0.356 e. The molecule has 1 atom stereocenters. The molecule has 0 aliphatic carbocycles. The molecule has 0 radical (unpaired) electrons. The van der Waals surface area contributed by atoms with E-state index in [1.165, 1.54) is 12.8 Å². The van der Waals surface area contributed by atoms with E-state index in [0.717, 1.165) is 17.3 Å². The van der Waals surface area contributed by atoms with Crippen LogP contribution in [0, 0.1) is 0 Å². The minimum absolute atomic E-state index is 0.178. The molecule has 0 amide bonds. The van der Waals surface area contributed by atoms with Crippen molar-refractivity contribution in [3.8, 4) is 0 Å². The van der Waals surface area contributed by atoms with E-state index in [1.807, 2.05) is 6.92 Å². The van der Waals surface area contributed by atoms with Crippen LogP contribution in [0.25, 0.3) is 0 Å². The van der Waals surface area contributed by atoms with Crippen molar-refractivity contribution in [1.29, 1.82) is 0 Å². The van der Waals surface area contributed by atoms with E-state index in [2.05, 4.69) is 25.8 Å². The molecule has 0 aliphatic heterocycles. The summed E-state index contributed by atoms with van der Waals surface area (Å²) in [4.78, 5) is 0. The van der Waals surface area contributed by atoms with Crippen molar-refractivity contribution in [3.63, 3.8) is 0 Å². The molecule has 0 aromatic carbocycles. The van der Waals surface area contributed by atoms with Gasteiger partial charge in [-0.05, 0) is 13.3 Å². The molecule has 0 aliphatic rings. The highest BCUT2D eigenvalue weighted by molar-refractivity contribution is 14.1. The first-order chi connectivity index (χ1) is 5.81. The van der Waals surface area contributed by atoms with Crippen molar-refractivity contribution >= 4 is 35.3 Å². The average Bonchev–Trinajstić information content (AvgIpc) is 2.10. The topological polar surface area (TPSA) is 18.5 Å². The maximum Gasteiger partial charge on any atom is 0.466 e. The van der Waals surface area contributed by atoms with Gasteiger partial charge in [-0.15, -0.1) is 4.05 Å². The standard InChI is InChI=1S/C8H17O2.HI.Mg/c1-3-5-6-7-10-8-9-4-2;;/h3H,4-8H2,1-2H3;1H;/q;;+1/p-1. The maximum absolute atomic E-state index is 5.26. The Kier molecular flexibility index (Phi) is 11.7. The number of hydrogen-bond acceptors (Lipinski definition) is 2. The Morgan fingerprint density at radius 2 is 2.17 bits per heavy atom. The second-order valence-electron chi connectivity index (χ2n) is 2.92. The summed E-state index contributed by atoms with van der Waals surface area (Å²) >= 11 is 2.74. The molecule has 0 bridgehead atoms. The predicted molar refractivity (Wildman–Crippen MR) is 60.9 cm³/mol. The first-order valence-electron chi connectivity index (χ1n) is 4.52. The quantitative estimate of drug-likeness (QED) is 0.297. The van der Waals surface area contributed by atoms with Gasteiger partial charge in [-0.1, -0.05) is 13.3 Å². The van der Waals surface area contributed by atoms with Gasteiger partial charge in [0.05, 0.1) is 0 Å². The molecule has 12 heavy (non-hydrogen) atoms. The van der Waals surface area contributed by atoms with Gasteiger partial charge in [-0.3, -0.25) is 0 Å². The van der Waals surface area contributed by atoms with Crippen LogP contribution in [0.5, 0.6) is 0 Å². The van der Waals surface area contributed by atoms with Gasteiger partial charge in [0, 0.05) is 13.2 Å². The first-order valence-corrected chi connectivity index (χ1v) is 10.5. The summed E-state index contributed by atoms with van der Waals surface area (Å²) in [6.45, 7) is 6.38. The molecular weight excluding hydrogens is 279 g/mol. The third-order valence-corrected chi connectivity index (χ3v) is 7.07. The fourth-order valence-corrected chi connectivity index (χ4v) is 2.58. The second-order valence-corrected chi connectivity index (χ2v) is 7.27. The first kappa shape index (κ1) is 13.4. The van der Waals surface area contributed by atoms with E-state index in [-0.39, 0.29) is 16.5 Å². The van der Waals surface area contributed by atoms with Crippen molar-refractivity contribution in [3.05, 3.63) is 0 Å². The Labute approximate surface area is 94.9 Å². The number of halogens is 1. The van der Waals surface area contributed by atoms with Gasteiger partial charge in [0.1, 0.15) is 6.79 Å². The van der Waals surface area contributed by atoms with Crippen LogP contribution in [0.1, 0.15) is 26.7 Å². The van der Waals surface area contributed by atoms with Crippen molar-refractivity contribution in [2.24, 2.45) is 0 Å². The van der Waals surface area contributed by atoms with Gasteiger partial charge < -0.3 is 28.3 Å². The number of hydrogen-bond donors (Lipinski definition) is 0. The molecule has 0 saturated carbocycles. The van der Waals surface area contributed by atoms with E-state index in [9.17, 15) is 0 Å². The van der Waals surface area contributed by atoms with E-state index in [1.54, 1.807) is 0 Å². The van der Waals surface area contributed by atoms with Gasteiger partial charge >= 0.3 is 16.5 Å². The van der Waals surface area contributed by atoms with Gasteiger partial charge in [0.25, 0.3) is 0 Å². The zero-order valence-corrected chi connectivity index (χ0v) is 11.6. The molecule has 0 aromatic rings. The van der Waals surface area contributed by atoms with Crippen molar-refractivity contribution in [2.45, 2.75) is 30.7 Å². The summed E-state index contributed by atoms with van der Waals surface area (Å²) in [6, 6.07) is 0. The van der Waals surface area contributed by atoms with Crippen molar-refractivity contribution < 1.29 is 9.47 Å². The van der Waals surface area contributed by atoms with Crippen LogP contribution in [0.15, 0.2) is 0 Å². The molecule has 0 saturated heterocycles. The highest BCUT2D eigenvalue weighted by Crippen LogP contribution is 2.12. The molecule has 2 nitrogen and oxygen atoms in total. The largest absolute Gasteiger partial charge is 0.466 e. The zero-order valence-electron chi connectivity index (χ0n) is 8.01. The predicted octanol–water partition coefficient (Wildman–Crippen LogP) is 2.64. The minimum atomic E-state index is 0.178. The molecule has 0 aromatic heterocycles. The lowest BCUT2D eigenvalue weighted by Crippen LogP contribution is -2.02. The van der Waals surface area contributed by atoms with Crippen LogP contribution in [0.3, 0.4) is 0 Å². The summed E-state index contributed by atoms with van der Waals surface area (Å²) in [7, 11) is 0. The summed E-state index contributed by atoms with van der Waals surface area (Å²) in [5.41, 5.74) is 0. The molecular formula is C8H17IMgO2. The highest BCUT2D eigenvalue weighted by atomic mass is 127. The highest BCUT2D eigenvalue weighted by Gasteiger charge is 2.02. The Hall–Kier alpha value is 1.42. The van der Waals surface area contributed by atoms with Crippen molar-refractivity contribution in [2.75, 3.05) is 20.0 Å². The third kappa shape index (κ3) is 9.50. The second kappa shape index (κ2) is 10.5. The van der Waals surface area contributed by atoms with Gasteiger partial charge in [0.15, 0.2) is 0 Å². The van der Waals surface area contributed by atoms with Crippen molar-refractivity contribution in [1.82, 2.24) is 0 Å². The average molecular weight is 296 g/mol. The monoisotopic (exact) mass is 296 g/mol. The van der Waals surface area contributed by atoms with Crippen LogP contribution < -0.4 is 0 Å². The van der Waals surface area contributed by atoms with E-state index in [0.29, 0.717) is 6.79 Å². The van der Waals surface area contributed by atoms with Crippen LogP contribution in [-0.2, 0) is 9.47 Å². The maximum atomic E-state index is 5.26. The zero-order chi connectivity index (χ0) is 9.23. The van der Waals surface area contributed by atoms with E-state index >= 15 is 0 Å². The fraction of sp³-hybridized carbons (Fsp3) is 1.00. The molecule has 0 spiro atoms. The lowest BCUT2D eigenvalue weighted by atomic mass is 10.2. The van der Waals surface area contributed by atoms with Crippen LogP contribution >= 0.6 is 18.9 Å². The molecule has 70 valence electrons. The Morgan fingerprint density at radius 1 is 1.42 bits per heavy atom. The normalized spacial score (nSPS) is 12.6. The van der Waals surface area contributed by atoms with Gasteiger partial charge in [0.2, 0.25) is 0 Å². The molecule has 0 rings (SSSR count). The lowest BCUT2D eigenvalue weighted by molar-refractivity contribution is -0.0501. The SMILES string of the molecule is CCOCOCCC[CH](C)[Mg][I]. The van der Waals surface area contributed by atoms with Crippen LogP contribution in [-0.4, -0.2) is 36.5 Å².